The quantitative estimate of drug-likeness (QED) is 0.476. The van der Waals surface area contributed by atoms with E-state index in [4.69, 9.17) is 10.5 Å². The molecule has 2 atom stereocenters. The van der Waals surface area contributed by atoms with Crippen molar-refractivity contribution in [3.8, 4) is 0 Å². The zero-order valence-corrected chi connectivity index (χ0v) is 17.4. The van der Waals surface area contributed by atoms with E-state index in [0.29, 0.717) is 12.0 Å². The lowest BCUT2D eigenvalue weighted by molar-refractivity contribution is -0.147. The lowest BCUT2D eigenvalue weighted by atomic mass is 10.0. The smallest absolute Gasteiger partial charge is 0.328 e. The van der Waals surface area contributed by atoms with Crippen LogP contribution >= 0.6 is 12.4 Å². The maximum Gasteiger partial charge on any atom is 0.328 e. The molecule has 0 aliphatic rings. The van der Waals surface area contributed by atoms with Gasteiger partial charge in [0.25, 0.3) is 0 Å². The number of carbonyl (C=O) groups excluding carboxylic acids is 2. The van der Waals surface area contributed by atoms with Crippen molar-refractivity contribution in [2.24, 2.45) is 5.73 Å². The first-order valence-corrected chi connectivity index (χ1v) is 9.50. The van der Waals surface area contributed by atoms with Gasteiger partial charge >= 0.3 is 5.97 Å². The summed E-state index contributed by atoms with van der Waals surface area (Å²) in [6, 6.07) is 11.8. The predicted molar refractivity (Wildman–Crippen MR) is 116 cm³/mol. The Labute approximate surface area is 180 Å². The molecule has 30 heavy (non-hydrogen) atoms. The number of nitrogens with one attached hydrogen (secondary N) is 2. The zero-order chi connectivity index (χ0) is 20.8. The molecule has 0 saturated carbocycles. The number of hydrogen-bond acceptors (Lipinski definition) is 4. The highest BCUT2D eigenvalue weighted by molar-refractivity contribution is 5.89. The standard InChI is InChI=1S/C22H24FN3O3.ClH/c1-2-29-22(28)20(11-14-7-9-16(23)10-8-14)26-21(27)18(24)12-15-13-25-19-6-4-3-5-17(15)19;/h3-10,13,18,20,25H,2,11-12,24H2,1H3,(H,26,27);1H/t18-,20?;/m0./s1. The molecule has 3 aromatic rings. The summed E-state index contributed by atoms with van der Waals surface area (Å²) < 4.78 is 18.2. The van der Waals surface area contributed by atoms with Crippen LogP contribution in [-0.4, -0.2) is 35.6 Å². The number of aromatic amines is 1. The maximum atomic E-state index is 13.1. The number of amides is 1. The predicted octanol–water partition coefficient (Wildman–Crippen LogP) is 2.89. The zero-order valence-electron chi connectivity index (χ0n) is 16.6. The number of carbonyl (C=O) groups is 2. The molecule has 8 heteroatoms. The van der Waals surface area contributed by atoms with Crippen LogP contribution < -0.4 is 11.1 Å². The van der Waals surface area contributed by atoms with Crippen LogP contribution in [0.5, 0.6) is 0 Å². The van der Waals surface area contributed by atoms with Crippen molar-refractivity contribution in [1.82, 2.24) is 10.3 Å². The minimum Gasteiger partial charge on any atom is -0.464 e. The van der Waals surface area contributed by atoms with Gasteiger partial charge in [0.05, 0.1) is 12.6 Å². The molecule has 160 valence electrons. The van der Waals surface area contributed by atoms with Gasteiger partial charge in [0.1, 0.15) is 11.9 Å². The highest BCUT2D eigenvalue weighted by Crippen LogP contribution is 2.19. The lowest BCUT2D eigenvalue weighted by Crippen LogP contribution is -2.50. The first-order chi connectivity index (χ1) is 14.0. The molecule has 0 saturated heterocycles. The third-order valence-corrected chi connectivity index (χ3v) is 4.69. The van der Waals surface area contributed by atoms with Crippen LogP contribution in [0.3, 0.4) is 0 Å². The molecule has 1 unspecified atom stereocenters. The summed E-state index contributed by atoms with van der Waals surface area (Å²) >= 11 is 0. The van der Waals surface area contributed by atoms with Crippen molar-refractivity contribution < 1.29 is 18.7 Å². The van der Waals surface area contributed by atoms with Crippen molar-refractivity contribution in [2.45, 2.75) is 31.8 Å². The van der Waals surface area contributed by atoms with Crippen molar-refractivity contribution >= 4 is 35.2 Å². The fourth-order valence-electron chi connectivity index (χ4n) is 3.20. The van der Waals surface area contributed by atoms with E-state index in [9.17, 15) is 14.0 Å². The highest BCUT2D eigenvalue weighted by atomic mass is 35.5. The fraction of sp³-hybridized carbons (Fsp3) is 0.273. The second kappa shape index (κ2) is 10.8. The Morgan fingerprint density at radius 2 is 1.83 bits per heavy atom. The molecule has 1 heterocycles. The monoisotopic (exact) mass is 433 g/mol. The summed E-state index contributed by atoms with van der Waals surface area (Å²) in [6.45, 7) is 1.88. The van der Waals surface area contributed by atoms with Crippen LogP contribution in [0.15, 0.2) is 54.7 Å². The number of nitrogens with two attached hydrogens (primary N) is 1. The Morgan fingerprint density at radius 1 is 1.13 bits per heavy atom. The number of aromatic nitrogens is 1. The van der Waals surface area contributed by atoms with Crippen molar-refractivity contribution in [1.29, 1.82) is 0 Å². The molecule has 0 aliphatic carbocycles. The minimum atomic E-state index is -0.901. The van der Waals surface area contributed by atoms with Crippen molar-refractivity contribution in [2.75, 3.05) is 6.61 Å². The maximum absolute atomic E-state index is 13.1. The van der Waals surface area contributed by atoms with Gasteiger partial charge in [0.2, 0.25) is 5.91 Å². The van der Waals surface area contributed by atoms with Crippen LogP contribution in [0.1, 0.15) is 18.1 Å². The van der Waals surface area contributed by atoms with Crippen molar-refractivity contribution in [3.63, 3.8) is 0 Å². The molecule has 0 radical (unpaired) electrons. The van der Waals surface area contributed by atoms with Crippen LogP contribution in [0.2, 0.25) is 0 Å². The Hall–Kier alpha value is -2.90. The number of halogens is 2. The first-order valence-electron chi connectivity index (χ1n) is 9.50. The van der Waals surface area contributed by atoms with E-state index in [1.807, 2.05) is 30.5 Å². The molecule has 0 fully saturated rings. The van der Waals surface area contributed by atoms with Crippen LogP contribution in [-0.2, 0) is 27.2 Å². The summed E-state index contributed by atoms with van der Waals surface area (Å²) in [5.41, 5.74) is 8.70. The Bertz CT molecular complexity index is 991. The first kappa shape index (κ1) is 23.4. The number of benzene rings is 2. The Balaban J connectivity index is 0.00000320. The van der Waals surface area contributed by atoms with Crippen LogP contribution in [0.25, 0.3) is 10.9 Å². The minimum absolute atomic E-state index is 0. The number of fused-ring (bicyclic) bond motifs is 1. The summed E-state index contributed by atoms with van der Waals surface area (Å²) in [5, 5.41) is 3.69. The van der Waals surface area contributed by atoms with Gasteiger partial charge in [-0.3, -0.25) is 4.79 Å². The van der Waals surface area contributed by atoms with Gasteiger partial charge in [-0.2, -0.15) is 0 Å². The molecule has 0 spiro atoms. The molecule has 0 aliphatic heterocycles. The molecule has 2 aromatic carbocycles. The Morgan fingerprint density at radius 3 is 2.53 bits per heavy atom. The molecule has 4 N–H and O–H groups in total. The van der Waals surface area contributed by atoms with E-state index in [1.165, 1.54) is 12.1 Å². The van der Waals surface area contributed by atoms with Gasteiger partial charge in [-0.1, -0.05) is 30.3 Å². The van der Waals surface area contributed by atoms with E-state index in [0.717, 1.165) is 16.5 Å². The number of rotatable bonds is 8. The molecular weight excluding hydrogens is 409 g/mol. The van der Waals surface area contributed by atoms with Gasteiger partial charge in [-0.25, -0.2) is 9.18 Å². The van der Waals surface area contributed by atoms with E-state index in [1.54, 1.807) is 19.1 Å². The van der Waals surface area contributed by atoms with Gasteiger partial charge < -0.3 is 20.8 Å². The summed E-state index contributed by atoms with van der Waals surface area (Å²) in [6.07, 6.45) is 2.34. The number of esters is 1. The van der Waals surface area contributed by atoms with Crippen molar-refractivity contribution in [3.05, 3.63) is 71.7 Å². The third-order valence-electron chi connectivity index (χ3n) is 4.69. The average Bonchev–Trinajstić information content (AvgIpc) is 3.12. The summed E-state index contributed by atoms with van der Waals surface area (Å²) in [4.78, 5) is 28.1. The molecule has 6 nitrogen and oxygen atoms in total. The molecule has 1 aromatic heterocycles. The normalized spacial score (nSPS) is 12.6. The van der Waals surface area contributed by atoms with Crippen LogP contribution in [0, 0.1) is 5.82 Å². The molecular formula is C22H25ClFN3O3. The summed E-state index contributed by atoms with van der Waals surface area (Å²) in [7, 11) is 0. The summed E-state index contributed by atoms with van der Waals surface area (Å²) in [5.74, 6) is -1.37. The number of H-pyrrole nitrogens is 1. The number of ether oxygens (including phenoxy) is 1. The van der Waals surface area contributed by atoms with Gasteiger partial charge in [-0.05, 0) is 42.7 Å². The average molecular weight is 434 g/mol. The molecule has 3 rings (SSSR count). The second-order valence-corrected chi connectivity index (χ2v) is 6.81. The van der Waals surface area contributed by atoms with Gasteiger partial charge in [0.15, 0.2) is 0 Å². The number of hydrogen-bond donors (Lipinski definition) is 3. The molecule has 1 amide bonds. The number of para-hydroxylation sites is 1. The van der Waals surface area contributed by atoms with Crippen LogP contribution in [0.4, 0.5) is 4.39 Å². The fourth-order valence-corrected chi connectivity index (χ4v) is 3.20. The highest BCUT2D eigenvalue weighted by Gasteiger charge is 2.25. The third kappa shape index (κ3) is 5.81. The second-order valence-electron chi connectivity index (χ2n) is 6.81. The lowest BCUT2D eigenvalue weighted by Gasteiger charge is -2.20. The van der Waals surface area contributed by atoms with Gasteiger partial charge in [0, 0.05) is 23.5 Å². The van der Waals surface area contributed by atoms with Gasteiger partial charge in [-0.15, -0.1) is 12.4 Å². The van der Waals surface area contributed by atoms with E-state index < -0.39 is 24.0 Å². The largest absolute Gasteiger partial charge is 0.464 e. The van der Waals surface area contributed by atoms with E-state index >= 15 is 0 Å². The van der Waals surface area contributed by atoms with E-state index in [2.05, 4.69) is 10.3 Å². The molecule has 0 bridgehead atoms. The Kier molecular flexibility index (Phi) is 8.38. The topological polar surface area (TPSA) is 97.2 Å². The van der Waals surface area contributed by atoms with E-state index in [-0.39, 0.29) is 31.3 Å². The SMILES string of the molecule is CCOC(=O)C(Cc1ccc(F)cc1)NC(=O)[C@@H](N)Cc1c[nH]c2ccccc12.Cl.